The first-order valence-corrected chi connectivity index (χ1v) is 8.47. The summed E-state index contributed by atoms with van der Waals surface area (Å²) in [7, 11) is 0. The molecule has 1 unspecified atom stereocenters. The quantitative estimate of drug-likeness (QED) is 0.587. The highest BCUT2D eigenvalue weighted by molar-refractivity contribution is 6.19. The first-order valence-electron chi connectivity index (χ1n) is 8.47. The van der Waals surface area contributed by atoms with Gasteiger partial charge in [-0.3, -0.25) is 24.6 Å². The number of nitrogens with one attached hydrogen (secondary N) is 2. The second-order valence-electron chi connectivity index (χ2n) is 6.33. The zero-order valence-corrected chi connectivity index (χ0v) is 15.3. The van der Waals surface area contributed by atoms with Crippen molar-refractivity contribution in [2.24, 2.45) is 0 Å². The second-order valence-corrected chi connectivity index (χ2v) is 6.33. The molecule has 1 aromatic rings. The molecule has 1 atom stereocenters. The van der Waals surface area contributed by atoms with Crippen LogP contribution in [0.2, 0.25) is 0 Å². The maximum Gasteiger partial charge on any atom is 0.338 e. The smallest absolute Gasteiger partial charge is 0.338 e. The van der Waals surface area contributed by atoms with Gasteiger partial charge >= 0.3 is 12.0 Å². The minimum absolute atomic E-state index is 0.143. The van der Waals surface area contributed by atoms with Crippen LogP contribution in [0, 0.1) is 0 Å². The number of rotatable bonds is 5. The lowest BCUT2D eigenvalue weighted by atomic mass is 10.2. The molecular weight excluding hydrogens is 354 g/mol. The third-order valence-corrected chi connectivity index (χ3v) is 3.72. The van der Waals surface area contributed by atoms with Crippen LogP contribution in [0.1, 0.15) is 44.0 Å². The molecule has 1 saturated heterocycles. The molecule has 1 fully saturated rings. The van der Waals surface area contributed by atoms with E-state index in [1.54, 1.807) is 13.8 Å². The number of imide groups is 2. The van der Waals surface area contributed by atoms with Gasteiger partial charge in [-0.25, -0.2) is 9.59 Å². The first-order chi connectivity index (χ1) is 12.7. The van der Waals surface area contributed by atoms with Gasteiger partial charge in [0.25, 0.3) is 5.91 Å². The third kappa shape index (κ3) is 5.13. The zero-order chi connectivity index (χ0) is 20.1. The molecule has 1 aliphatic rings. The summed E-state index contributed by atoms with van der Waals surface area (Å²) in [5.41, 5.74) is 0.513. The molecule has 0 saturated carbocycles. The van der Waals surface area contributed by atoms with Gasteiger partial charge in [-0.1, -0.05) is 0 Å². The SMILES string of the molecule is CC(C)NC(=O)NC(=O)C(C)OC(=O)c1ccc(N2C(=O)CCC2=O)cc1. The monoisotopic (exact) mass is 375 g/mol. The molecule has 5 amide bonds. The van der Waals surface area contributed by atoms with Crippen molar-refractivity contribution in [2.45, 2.75) is 45.8 Å². The normalized spacial score (nSPS) is 14.9. The number of urea groups is 1. The summed E-state index contributed by atoms with van der Waals surface area (Å²) < 4.78 is 5.03. The van der Waals surface area contributed by atoms with Crippen LogP contribution in [0.5, 0.6) is 0 Å². The number of carbonyl (C=O) groups is 5. The van der Waals surface area contributed by atoms with Crippen LogP contribution in [0.4, 0.5) is 10.5 Å². The lowest BCUT2D eigenvalue weighted by Gasteiger charge is -2.16. The van der Waals surface area contributed by atoms with Gasteiger partial charge in [0.15, 0.2) is 6.10 Å². The van der Waals surface area contributed by atoms with E-state index < -0.39 is 24.0 Å². The summed E-state index contributed by atoms with van der Waals surface area (Å²) >= 11 is 0. The van der Waals surface area contributed by atoms with E-state index in [0.29, 0.717) is 5.69 Å². The summed E-state index contributed by atoms with van der Waals surface area (Å²) in [6, 6.07) is 4.88. The number of ether oxygens (including phenoxy) is 1. The van der Waals surface area contributed by atoms with Crippen molar-refractivity contribution >= 4 is 35.4 Å². The minimum Gasteiger partial charge on any atom is -0.449 e. The van der Waals surface area contributed by atoms with E-state index >= 15 is 0 Å². The Kier molecular flexibility index (Phi) is 6.27. The Morgan fingerprint density at radius 2 is 1.56 bits per heavy atom. The number of nitrogens with zero attached hydrogens (tertiary/aromatic N) is 1. The van der Waals surface area contributed by atoms with Crippen LogP contribution in [0.15, 0.2) is 24.3 Å². The largest absolute Gasteiger partial charge is 0.449 e. The molecule has 2 rings (SSSR count). The third-order valence-electron chi connectivity index (χ3n) is 3.72. The van der Waals surface area contributed by atoms with Crippen LogP contribution in [0.25, 0.3) is 0 Å². The summed E-state index contributed by atoms with van der Waals surface area (Å²) in [6.07, 6.45) is -0.851. The molecule has 1 heterocycles. The van der Waals surface area contributed by atoms with E-state index in [4.69, 9.17) is 4.74 Å². The minimum atomic E-state index is -1.18. The maximum atomic E-state index is 12.1. The molecule has 0 aliphatic carbocycles. The Bertz CT molecular complexity index is 756. The fourth-order valence-corrected chi connectivity index (χ4v) is 2.41. The van der Waals surface area contributed by atoms with Crippen molar-refractivity contribution in [1.29, 1.82) is 0 Å². The van der Waals surface area contributed by atoms with E-state index in [1.165, 1.54) is 31.2 Å². The molecule has 0 spiro atoms. The number of hydrogen-bond donors (Lipinski definition) is 2. The van der Waals surface area contributed by atoms with Crippen molar-refractivity contribution in [2.75, 3.05) is 4.90 Å². The molecule has 27 heavy (non-hydrogen) atoms. The highest BCUT2D eigenvalue weighted by Crippen LogP contribution is 2.23. The topological polar surface area (TPSA) is 122 Å². The van der Waals surface area contributed by atoms with Crippen molar-refractivity contribution < 1.29 is 28.7 Å². The van der Waals surface area contributed by atoms with Gasteiger partial charge in [-0.15, -0.1) is 0 Å². The van der Waals surface area contributed by atoms with Crippen LogP contribution < -0.4 is 15.5 Å². The Morgan fingerprint density at radius 3 is 2.07 bits per heavy atom. The average molecular weight is 375 g/mol. The highest BCUT2D eigenvalue weighted by atomic mass is 16.5. The van der Waals surface area contributed by atoms with E-state index in [0.717, 1.165) is 4.90 Å². The number of carbonyl (C=O) groups excluding carboxylic acids is 5. The predicted molar refractivity (Wildman–Crippen MR) is 94.9 cm³/mol. The molecule has 9 heteroatoms. The van der Waals surface area contributed by atoms with E-state index in [-0.39, 0.29) is 36.3 Å². The lowest BCUT2D eigenvalue weighted by Crippen LogP contribution is -2.46. The van der Waals surface area contributed by atoms with Gasteiger partial charge in [0.2, 0.25) is 11.8 Å². The van der Waals surface area contributed by atoms with E-state index in [9.17, 15) is 24.0 Å². The van der Waals surface area contributed by atoms with Gasteiger partial charge in [-0.05, 0) is 45.0 Å². The fourth-order valence-electron chi connectivity index (χ4n) is 2.41. The Balaban J connectivity index is 1.95. The van der Waals surface area contributed by atoms with Gasteiger partial charge < -0.3 is 10.1 Å². The summed E-state index contributed by atoms with van der Waals surface area (Å²) in [5, 5.41) is 4.56. The Hall–Kier alpha value is -3.23. The Morgan fingerprint density at radius 1 is 1.00 bits per heavy atom. The predicted octanol–water partition coefficient (Wildman–Crippen LogP) is 1.12. The van der Waals surface area contributed by atoms with Gasteiger partial charge in [-0.2, -0.15) is 0 Å². The van der Waals surface area contributed by atoms with Crippen molar-refractivity contribution in [3.05, 3.63) is 29.8 Å². The van der Waals surface area contributed by atoms with Crippen LogP contribution in [-0.4, -0.2) is 41.9 Å². The lowest BCUT2D eigenvalue weighted by molar-refractivity contribution is -0.128. The maximum absolute atomic E-state index is 12.1. The second kappa shape index (κ2) is 8.43. The highest BCUT2D eigenvalue weighted by Gasteiger charge is 2.30. The molecule has 9 nitrogen and oxygen atoms in total. The van der Waals surface area contributed by atoms with Crippen molar-refractivity contribution in [1.82, 2.24) is 10.6 Å². The van der Waals surface area contributed by atoms with Crippen molar-refractivity contribution in [3.8, 4) is 0 Å². The van der Waals surface area contributed by atoms with Gasteiger partial charge in [0.05, 0.1) is 11.3 Å². The molecule has 2 N–H and O–H groups in total. The number of benzene rings is 1. The molecule has 0 bridgehead atoms. The molecule has 144 valence electrons. The number of esters is 1. The summed E-state index contributed by atoms with van der Waals surface area (Å²) in [5.74, 6) is -2.11. The standard InChI is InChI=1S/C18H21N3O6/c1-10(2)19-18(26)20-16(24)11(3)27-17(25)12-4-6-13(7-5-12)21-14(22)8-9-15(21)23/h4-7,10-11H,8-9H2,1-3H3,(H2,19,20,24,26). The molecule has 1 aromatic carbocycles. The zero-order valence-electron chi connectivity index (χ0n) is 15.3. The van der Waals surface area contributed by atoms with Crippen molar-refractivity contribution in [3.63, 3.8) is 0 Å². The molecule has 0 radical (unpaired) electrons. The first kappa shape index (κ1) is 20.1. The van der Waals surface area contributed by atoms with Crippen LogP contribution in [-0.2, 0) is 19.1 Å². The van der Waals surface area contributed by atoms with Gasteiger partial charge in [0, 0.05) is 18.9 Å². The summed E-state index contributed by atoms with van der Waals surface area (Å²) in [6.45, 7) is 4.81. The van der Waals surface area contributed by atoms with E-state index in [1.807, 2.05) is 0 Å². The van der Waals surface area contributed by atoms with Crippen LogP contribution in [0.3, 0.4) is 0 Å². The van der Waals surface area contributed by atoms with Gasteiger partial charge in [0.1, 0.15) is 0 Å². The summed E-state index contributed by atoms with van der Waals surface area (Å²) in [4.78, 5) is 60.0. The fraction of sp³-hybridized carbons (Fsp3) is 0.389. The van der Waals surface area contributed by atoms with E-state index in [2.05, 4.69) is 10.6 Å². The number of anilines is 1. The average Bonchev–Trinajstić information content (AvgIpc) is 2.92. The molecule has 1 aliphatic heterocycles. The molecular formula is C18H21N3O6. The van der Waals surface area contributed by atoms with Crippen LogP contribution >= 0.6 is 0 Å². The Labute approximate surface area is 156 Å². The number of hydrogen-bond acceptors (Lipinski definition) is 6. The number of amides is 5. The molecule has 0 aromatic heterocycles.